The monoisotopic (exact) mass is 313 g/mol. The Balaban J connectivity index is 2.28. The molecule has 0 saturated carbocycles. The van der Waals surface area contributed by atoms with E-state index in [1.54, 1.807) is 6.07 Å². The molecule has 1 heterocycles. The number of carbonyl (C=O) groups is 1. The number of hydrogen-bond donors (Lipinski definition) is 1. The molecule has 1 saturated heterocycles. The molecule has 0 spiro atoms. The van der Waals surface area contributed by atoms with Crippen molar-refractivity contribution in [2.24, 2.45) is 0 Å². The number of carboxylic acid groups (broad SMARTS) is 1. The Morgan fingerprint density at radius 1 is 1.29 bits per heavy atom. The van der Waals surface area contributed by atoms with Crippen molar-refractivity contribution >= 4 is 16.1 Å². The number of nitriles is 1. The molecule has 1 N–H and O–H groups in total. The normalized spacial score (nSPS) is 16.5. The van der Waals surface area contributed by atoms with Gasteiger partial charge in [-0.25, -0.2) is 17.6 Å². The molecule has 9 heteroatoms. The highest BCUT2D eigenvalue weighted by molar-refractivity contribution is 7.89. The van der Waals surface area contributed by atoms with Crippen LogP contribution in [0.5, 0.6) is 0 Å². The number of halogens is 1. The Bertz CT molecular complexity index is 706. The number of rotatable bonds is 2. The zero-order valence-electron chi connectivity index (χ0n) is 10.9. The minimum absolute atomic E-state index is 0.0219. The van der Waals surface area contributed by atoms with Crippen molar-refractivity contribution in [1.29, 1.82) is 5.26 Å². The van der Waals surface area contributed by atoms with Crippen LogP contribution in [0.4, 0.5) is 9.18 Å². The molecule has 2 rings (SSSR count). The smallest absolute Gasteiger partial charge is 0.407 e. The maximum Gasteiger partial charge on any atom is 0.407 e. The van der Waals surface area contributed by atoms with E-state index in [0.29, 0.717) is 0 Å². The van der Waals surface area contributed by atoms with Gasteiger partial charge in [0.15, 0.2) is 0 Å². The van der Waals surface area contributed by atoms with Crippen LogP contribution in [-0.2, 0) is 10.0 Å². The molecular formula is C12H12FN3O4S. The average Bonchev–Trinajstić information content (AvgIpc) is 2.47. The Labute approximate surface area is 120 Å². The van der Waals surface area contributed by atoms with Crippen LogP contribution in [0, 0.1) is 17.1 Å². The van der Waals surface area contributed by atoms with E-state index >= 15 is 0 Å². The van der Waals surface area contributed by atoms with Gasteiger partial charge in [-0.15, -0.1) is 0 Å². The van der Waals surface area contributed by atoms with Gasteiger partial charge in [-0.3, -0.25) is 0 Å². The SMILES string of the molecule is N#Cc1ccc(F)c(S(=O)(=O)N2CCN(C(=O)O)CC2)c1. The first-order valence-corrected chi connectivity index (χ1v) is 7.48. The van der Waals surface area contributed by atoms with Gasteiger partial charge in [0, 0.05) is 26.2 Å². The molecule has 1 aliphatic heterocycles. The Morgan fingerprint density at radius 2 is 1.90 bits per heavy atom. The highest BCUT2D eigenvalue weighted by atomic mass is 32.2. The second kappa shape index (κ2) is 5.67. The van der Waals surface area contributed by atoms with Gasteiger partial charge >= 0.3 is 6.09 Å². The molecular weight excluding hydrogens is 301 g/mol. The lowest BCUT2D eigenvalue weighted by molar-refractivity contribution is 0.126. The van der Waals surface area contributed by atoms with Gasteiger partial charge in [-0.1, -0.05) is 0 Å². The van der Waals surface area contributed by atoms with Crippen LogP contribution in [0.3, 0.4) is 0 Å². The van der Waals surface area contributed by atoms with E-state index in [2.05, 4.69) is 0 Å². The van der Waals surface area contributed by atoms with Gasteiger partial charge in [0.2, 0.25) is 10.0 Å². The standard InChI is InChI=1S/C12H12FN3O4S/c13-10-2-1-9(8-14)7-11(10)21(19,20)16-5-3-15(4-6-16)12(17)18/h1-2,7H,3-6H2,(H,17,18). The maximum atomic E-state index is 13.7. The van der Waals surface area contributed by atoms with Crippen molar-refractivity contribution in [3.63, 3.8) is 0 Å². The van der Waals surface area contributed by atoms with E-state index in [1.165, 1.54) is 6.07 Å². The third kappa shape index (κ3) is 2.96. The summed E-state index contributed by atoms with van der Waals surface area (Å²) in [5.74, 6) is -0.935. The van der Waals surface area contributed by atoms with E-state index in [4.69, 9.17) is 10.4 Å². The van der Waals surface area contributed by atoms with Crippen LogP contribution >= 0.6 is 0 Å². The molecule has 1 fully saturated rings. The summed E-state index contributed by atoms with van der Waals surface area (Å²) >= 11 is 0. The Morgan fingerprint density at radius 3 is 2.43 bits per heavy atom. The summed E-state index contributed by atoms with van der Waals surface area (Å²) in [6.45, 7) is -0.0576. The lowest BCUT2D eigenvalue weighted by Gasteiger charge is -2.32. The van der Waals surface area contributed by atoms with Crippen LogP contribution in [0.1, 0.15) is 5.56 Å². The summed E-state index contributed by atoms with van der Waals surface area (Å²) in [4.78, 5) is 11.3. The molecule has 0 atom stereocenters. The highest BCUT2D eigenvalue weighted by Crippen LogP contribution is 2.21. The Hall–Kier alpha value is -2.18. The third-order valence-corrected chi connectivity index (χ3v) is 5.10. The van der Waals surface area contributed by atoms with Crippen molar-refractivity contribution < 1.29 is 22.7 Å². The van der Waals surface area contributed by atoms with E-state index in [0.717, 1.165) is 21.3 Å². The quantitative estimate of drug-likeness (QED) is 0.865. The number of piperazine rings is 1. The largest absolute Gasteiger partial charge is 0.465 e. The number of benzene rings is 1. The number of sulfonamides is 1. The number of amides is 1. The summed E-state index contributed by atoms with van der Waals surface area (Å²) in [6.07, 6.45) is -1.12. The first kappa shape index (κ1) is 15.2. The molecule has 21 heavy (non-hydrogen) atoms. The maximum absolute atomic E-state index is 13.7. The fraction of sp³-hybridized carbons (Fsp3) is 0.333. The molecule has 1 aliphatic rings. The summed E-state index contributed by atoms with van der Waals surface area (Å²) in [7, 11) is -4.09. The van der Waals surface area contributed by atoms with Gasteiger partial charge in [-0.05, 0) is 18.2 Å². The Kier molecular flexibility index (Phi) is 4.11. The van der Waals surface area contributed by atoms with Crippen molar-refractivity contribution in [1.82, 2.24) is 9.21 Å². The summed E-state index contributed by atoms with van der Waals surface area (Å²) in [5.41, 5.74) is 0.0409. The predicted molar refractivity (Wildman–Crippen MR) is 69.5 cm³/mol. The molecule has 1 aromatic rings. The van der Waals surface area contributed by atoms with Crippen molar-refractivity contribution in [3.05, 3.63) is 29.6 Å². The van der Waals surface area contributed by atoms with Crippen molar-refractivity contribution in [2.75, 3.05) is 26.2 Å². The second-order valence-electron chi connectivity index (χ2n) is 4.43. The van der Waals surface area contributed by atoms with E-state index in [9.17, 15) is 17.6 Å². The van der Waals surface area contributed by atoms with Crippen LogP contribution in [-0.4, -0.2) is 55.0 Å². The fourth-order valence-corrected chi connectivity index (χ4v) is 3.54. The predicted octanol–water partition coefficient (Wildman–Crippen LogP) is 0.682. The molecule has 0 radical (unpaired) electrons. The first-order chi connectivity index (χ1) is 9.86. The number of hydrogen-bond acceptors (Lipinski definition) is 4. The van der Waals surface area contributed by atoms with Crippen molar-refractivity contribution in [2.45, 2.75) is 4.90 Å². The van der Waals surface area contributed by atoms with E-state index in [-0.39, 0.29) is 31.7 Å². The molecule has 1 aromatic carbocycles. The summed E-state index contributed by atoms with van der Waals surface area (Å²) in [5, 5.41) is 17.6. The summed E-state index contributed by atoms with van der Waals surface area (Å²) < 4.78 is 39.5. The molecule has 7 nitrogen and oxygen atoms in total. The molecule has 0 aromatic heterocycles. The topological polar surface area (TPSA) is 102 Å². The molecule has 0 aliphatic carbocycles. The molecule has 0 unspecified atom stereocenters. The van der Waals surface area contributed by atoms with Crippen LogP contribution < -0.4 is 0 Å². The van der Waals surface area contributed by atoms with Gasteiger partial charge in [-0.2, -0.15) is 9.57 Å². The number of nitrogens with zero attached hydrogens (tertiary/aromatic N) is 3. The van der Waals surface area contributed by atoms with Gasteiger partial charge in [0.25, 0.3) is 0 Å². The molecule has 112 valence electrons. The third-order valence-electron chi connectivity index (χ3n) is 3.19. The second-order valence-corrected chi connectivity index (χ2v) is 6.34. The zero-order chi connectivity index (χ0) is 15.6. The van der Waals surface area contributed by atoms with E-state index in [1.807, 2.05) is 0 Å². The first-order valence-electron chi connectivity index (χ1n) is 6.04. The summed E-state index contributed by atoms with van der Waals surface area (Å²) in [6, 6.07) is 4.86. The average molecular weight is 313 g/mol. The van der Waals surface area contributed by atoms with Gasteiger partial charge < -0.3 is 10.0 Å². The molecule has 1 amide bonds. The van der Waals surface area contributed by atoms with Crippen molar-refractivity contribution in [3.8, 4) is 6.07 Å². The zero-order valence-corrected chi connectivity index (χ0v) is 11.7. The lowest BCUT2D eigenvalue weighted by atomic mass is 10.2. The van der Waals surface area contributed by atoms with Crippen LogP contribution in [0.15, 0.2) is 23.1 Å². The molecule has 0 bridgehead atoms. The minimum Gasteiger partial charge on any atom is -0.465 e. The van der Waals surface area contributed by atoms with Gasteiger partial charge in [0.1, 0.15) is 10.7 Å². The lowest BCUT2D eigenvalue weighted by Crippen LogP contribution is -2.50. The highest BCUT2D eigenvalue weighted by Gasteiger charge is 2.32. The fourth-order valence-electron chi connectivity index (χ4n) is 2.03. The van der Waals surface area contributed by atoms with E-state index < -0.39 is 26.8 Å². The van der Waals surface area contributed by atoms with Crippen LogP contribution in [0.2, 0.25) is 0 Å². The minimum atomic E-state index is -4.09. The van der Waals surface area contributed by atoms with Crippen LogP contribution in [0.25, 0.3) is 0 Å². The van der Waals surface area contributed by atoms with Gasteiger partial charge in [0.05, 0.1) is 11.6 Å².